The van der Waals surface area contributed by atoms with E-state index in [9.17, 15) is 8.78 Å². The predicted octanol–water partition coefficient (Wildman–Crippen LogP) is 1.95. The maximum atomic E-state index is 13.3. The summed E-state index contributed by atoms with van der Waals surface area (Å²) in [6, 6.07) is 4.85. The van der Waals surface area contributed by atoms with Crippen molar-refractivity contribution in [2.75, 3.05) is 11.1 Å². The van der Waals surface area contributed by atoms with Crippen molar-refractivity contribution in [2.24, 2.45) is 0 Å². The second-order valence-corrected chi connectivity index (χ2v) is 3.38. The Morgan fingerprint density at radius 3 is 2.76 bits per heavy atom. The van der Waals surface area contributed by atoms with Gasteiger partial charge in [-0.1, -0.05) is 0 Å². The van der Waals surface area contributed by atoms with Gasteiger partial charge >= 0.3 is 0 Å². The zero-order valence-corrected chi connectivity index (χ0v) is 8.82. The maximum Gasteiger partial charge on any atom is 0.149 e. The first-order chi connectivity index (χ1) is 8.15. The summed E-state index contributed by atoms with van der Waals surface area (Å²) < 4.78 is 25.9. The summed E-state index contributed by atoms with van der Waals surface area (Å²) in [5, 5.41) is 2.76. The Labute approximate surface area is 96.5 Å². The van der Waals surface area contributed by atoms with E-state index < -0.39 is 11.6 Å². The Balaban J connectivity index is 2.07. The summed E-state index contributed by atoms with van der Waals surface area (Å²) in [5.41, 5.74) is 5.67. The Bertz CT molecular complexity index is 531. The molecule has 0 saturated carbocycles. The van der Waals surface area contributed by atoms with Gasteiger partial charge < -0.3 is 11.1 Å². The highest BCUT2D eigenvalue weighted by atomic mass is 19.1. The van der Waals surface area contributed by atoms with Gasteiger partial charge in [0.05, 0.1) is 12.2 Å². The second kappa shape index (κ2) is 4.73. The molecule has 1 heterocycles. The van der Waals surface area contributed by atoms with Crippen molar-refractivity contribution in [3.8, 4) is 0 Å². The minimum atomic E-state index is -0.658. The first-order valence-corrected chi connectivity index (χ1v) is 4.91. The number of benzene rings is 1. The van der Waals surface area contributed by atoms with Gasteiger partial charge in [0.15, 0.2) is 0 Å². The van der Waals surface area contributed by atoms with Crippen LogP contribution in [0.2, 0.25) is 0 Å². The van der Waals surface area contributed by atoms with E-state index in [1.807, 2.05) is 0 Å². The van der Waals surface area contributed by atoms with Gasteiger partial charge in [-0.25, -0.2) is 18.7 Å². The molecule has 2 aromatic rings. The van der Waals surface area contributed by atoms with Crippen molar-refractivity contribution < 1.29 is 8.78 Å². The number of aromatic nitrogens is 2. The lowest BCUT2D eigenvalue weighted by Gasteiger charge is -2.06. The third kappa shape index (κ3) is 2.87. The summed E-state index contributed by atoms with van der Waals surface area (Å²) in [4.78, 5) is 7.89. The average Bonchev–Trinajstić information content (AvgIpc) is 2.28. The summed E-state index contributed by atoms with van der Waals surface area (Å²) >= 11 is 0. The third-order valence-electron chi connectivity index (χ3n) is 2.10. The number of nitrogen functional groups attached to an aromatic ring is 1. The predicted molar refractivity (Wildman–Crippen MR) is 60.1 cm³/mol. The molecule has 88 valence electrons. The zero-order chi connectivity index (χ0) is 12.3. The highest BCUT2D eigenvalue weighted by Crippen LogP contribution is 2.15. The number of nitrogens with two attached hydrogens (primary N) is 1. The monoisotopic (exact) mass is 236 g/mol. The van der Waals surface area contributed by atoms with Crippen LogP contribution >= 0.6 is 0 Å². The standard InChI is InChI=1S/C11H10F2N4/c12-7-1-2-9(8(13)5-7)16-6-11-15-4-3-10(14)17-11/h1-5,16H,6H2,(H2,14,15,17). The van der Waals surface area contributed by atoms with Crippen LogP contribution < -0.4 is 11.1 Å². The van der Waals surface area contributed by atoms with Crippen molar-refractivity contribution in [1.82, 2.24) is 9.97 Å². The number of hydrogen-bond donors (Lipinski definition) is 2. The SMILES string of the molecule is Nc1ccnc(CNc2ccc(F)cc2F)n1. The fourth-order valence-electron chi connectivity index (χ4n) is 1.31. The molecule has 0 amide bonds. The molecule has 0 atom stereocenters. The Morgan fingerprint density at radius 1 is 1.24 bits per heavy atom. The smallest absolute Gasteiger partial charge is 0.149 e. The summed E-state index contributed by atoms with van der Waals surface area (Å²) in [5.74, 6) is -0.493. The number of anilines is 2. The van der Waals surface area contributed by atoms with Crippen LogP contribution in [0.15, 0.2) is 30.5 Å². The van der Waals surface area contributed by atoms with Crippen molar-refractivity contribution >= 4 is 11.5 Å². The molecule has 2 rings (SSSR count). The van der Waals surface area contributed by atoms with Gasteiger partial charge in [-0.15, -0.1) is 0 Å². The number of halogens is 2. The van der Waals surface area contributed by atoms with E-state index in [1.54, 1.807) is 6.07 Å². The van der Waals surface area contributed by atoms with Crippen molar-refractivity contribution in [1.29, 1.82) is 0 Å². The number of nitrogens with one attached hydrogen (secondary N) is 1. The van der Waals surface area contributed by atoms with Gasteiger partial charge in [0.25, 0.3) is 0 Å². The molecule has 0 bridgehead atoms. The molecule has 6 heteroatoms. The largest absolute Gasteiger partial charge is 0.384 e. The van der Waals surface area contributed by atoms with Crippen LogP contribution in [-0.4, -0.2) is 9.97 Å². The number of hydrogen-bond acceptors (Lipinski definition) is 4. The summed E-state index contributed by atoms with van der Waals surface area (Å²) in [7, 11) is 0. The molecular weight excluding hydrogens is 226 g/mol. The van der Waals surface area contributed by atoms with Gasteiger partial charge in [-0.2, -0.15) is 0 Å². The average molecular weight is 236 g/mol. The third-order valence-corrected chi connectivity index (χ3v) is 2.10. The van der Waals surface area contributed by atoms with Gasteiger partial charge in [-0.3, -0.25) is 0 Å². The van der Waals surface area contributed by atoms with E-state index in [1.165, 1.54) is 18.3 Å². The van der Waals surface area contributed by atoms with E-state index in [0.29, 0.717) is 11.6 Å². The number of rotatable bonds is 3. The minimum absolute atomic E-state index is 0.192. The van der Waals surface area contributed by atoms with Crippen LogP contribution in [0.25, 0.3) is 0 Å². The molecule has 0 aliphatic rings. The molecule has 0 spiro atoms. The first kappa shape index (κ1) is 11.3. The fourth-order valence-corrected chi connectivity index (χ4v) is 1.31. The molecular formula is C11H10F2N4. The molecule has 1 aromatic carbocycles. The van der Waals surface area contributed by atoms with Crippen LogP contribution in [0.1, 0.15) is 5.82 Å². The molecule has 17 heavy (non-hydrogen) atoms. The van der Waals surface area contributed by atoms with E-state index in [2.05, 4.69) is 15.3 Å². The first-order valence-electron chi connectivity index (χ1n) is 4.91. The molecule has 1 aromatic heterocycles. The fraction of sp³-hybridized carbons (Fsp3) is 0.0909. The highest BCUT2D eigenvalue weighted by molar-refractivity contribution is 5.44. The van der Waals surface area contributed by atoms with Crippen molar-refractivity contribution in [2.45, 2.75) is 6.54 Å². The van der Waals surface area contributed by atoms with Gasteiger partial charge in [0.1, 0.15) is 23.3 Å². The van der Waals surface area contributed by atoms with Gasteiger partial charge in [-0.05, 0) is 18.2 Å². The molecule has 0 radical (unpaired) electrons. The molecule has 0 aliphatic carbocycles. The van der Waals surface area contributed by atoms with E-state index in [-0.39, 0.29) is 12.2 Å². The molecule has 0 fully saturated rings. The molecule has 0 unspecified atom stereocenters. The summed E-state index contributed by atoms with van der Waals surface area (Å²) in [6.45, 7) is 0.216. The lowest BCUT2D eigenvalue weighted by molar-refractivity contribution is 0.585. The van der Waals surface area contributed by atoms with E-state index >= 15 is 0 Å². The molecule has 0 saturated heterocycles. The molecule has 0 aliphatic heterocycles. The Hall–Kier alpha value is -2.24. The minimum Gasteiger partial charge on any atom is -0.384 e. The number of nitrogens with zero attached hydrogens (tertiary/aromatic N) is 2. The second-order valence-electron chi connectivity index (χ2n) is 3.38. The Morgan fingerprint density at radius 2 is 2.06 bits per heavy atom. The lowest BCUT2D eigenvalue weighted by Crippen LogP contribution is -2.06. The highest BCUT2D eigenvalue weighted by Gasteiger charge is 2.04. The quantitative estimate of drug-likeness (QED) is 0.854. The lowest BCUT2D eigenvalue weighted by atomic mass is 10.3. The maximum absolute atomic E-state index is 13.3. The normalized spacial score (nSPS) is 10.2. The van der Waals surface area contributed by atoms with Crippen molar-refractivity contribution in [3.05, 3.63) is 47.9 Å². The van der Waals surface area contributed by atoms with Crippen LogP contribution in [-0.2, 0) is 6.54 Å². The van der Waals surface area contributed by atoms with Crippen molar-refractivity contribution in [3.63, 3.8) is 0 Å². The van der Waals surface area contributed by atoms with E-state index in [4.69, 9.17) is 5.73 Å². The topological polar surface area (TPSA) is 63.8 Å². The van der Waals surface area contributed by atoms with Crippen LogP contribution in [0.4, 0.5) is 20.3 Å². The molecule has 4 nitrogen and oxygen atoms in total. The summed E-state index contributed by atoms with van der Waals surface area (Å²) in [6.07, 6.45) is 1.51. The van der Waals surface area contributed by atoms with Gasteiger partial charge in [0.2, 0.25) is 0 Å². The molecule has 3 N–H and O–H groups in total. The Kier molecular flexibility index (Phi) is 3.13. The van der Waals surface area contributed by atoms with E-state index in [0.717, 1.165) is 6.07 Å². The van der Waals surface area contributed by atoms with Gasteiger partial charge in [0, 0.05) is 12.3 Å². The van der Waals surface area contributed by atoms with Crippen LogP contribution in [0, 0.1) is 11.6 Å². The van der Waals surface area contributed by atoms with Crippen LogP contribution in [0.5, 0.6) is 0 Å². The zero-order valence-electron chi connectivity index (χ0n) is 8.82. The van der Waals surface area contributed by atoms with Crippen LogP contribution in [0.3, 0.4) is 0 Å².